The van der Waals surface area contributed by atoms with Crippen LogP contribution in [0, 0.1) is 0 Å². The summed E-state index contributed by atoms with van der Waals surface area (Å²) in [5.74, 6) is 1.01. The van der Waals surface area contributed by atoms with Gasteiger partial charge in [0.05, 0.1) is 17.2 Å². The van der Waals surface area contributed by atoms with E-state index in [1.54, 1.807) is 43.2 Å². The van der Waals surface area contributed by atoms with E-state index in [2.05, 4.69) is 5.32 Å². The molecule has 0 bridgehead atoms. The zero-order valence-corrected chi connectivity index (χ0v) is 20.3. The molecule has 1 aliphatic heterocycles. The number of rotatable bonds is 6. The maximum Gasteiger partial charge on any atom is 0.263 e. The number of nitrogens with one attached hydrogen (secondary N) is 1. The van der Waals surface area contributed by atoms with Crippen LogP contribution in [0.5, 0.6) is 11.5 Å². The van der Waals surface area contributed by atoms with Gasteiger partial charge in [0, 0.05) is 29.9 Å². The Labute approximate surface area is 208 Å². The van der Waals surface area contributed by atoms with E-state index in [0.29, 0.717) is 46.6 Å². The molecule has 1 unspecified atom stereocenters. The fourth-order valence-electron chi connectivity index (χ4n) is 3.87. The highest BCUT2D eigenvalue weighted by Crippen LogP contribution is 2.30. The number of hydrogen-bond acceptors (Lipinski definition) is 4. The van der Waals surface area contributed by atoms with Crippen molar-refractivity contribution in [3.63, 3.8) is 0 Å². The van der Waals surface area contributed by atoms with E-state index in [1.165, 1.54) is 6.07 Å². The van der Waals surface area contributed by atoms with E-state index in [4.69, 9.17) is 32.7 Å². The molecular weight excluding hydrogens is 475 g/mol. The number of ether oxygens (including phenoxy) is 2. The highest BCUT2D eigenvalue weighted by atomic mass is 35.5. The summed E-state index contributed by atoms with van der Waals surface area (Å²) in [4.78, 5) is 27.4. The number of fused-ring (bicyclic) bond motifs is 1. The molecule has 0 aliphatic carbocycles. The lowest BCUT2D eigenvalue weighted by atomic mass is 10.1. The van der Waals surface area contributed by atoms with E-state index in [0.717, 1.165) is 16.9 Å². The molecular formula is C26H24Cl2N2O4. The number of carbonyl (C=O) groups is 2. The number of para-hydroxylation sites is 1. The monoisotopic (exact) mass is 498 g/mol. The first kappa shape index (κ1) is 23.9. The molecule has 1 N–H and O–H groups in total. The molecule has 34 heavy (non-hydrogen) atoms. The smallest absolute Gasteiger partial charge is 0.263 e. The maximum atomic E-state index is 13.0. The Hall–Kier alpha value is -3.22. The SMILES string of the molecule is COc1ccccc1CCN1Cc2cc(NC(=O)c3ccc(Cl)c(Cl)c3)ccc2OC(C)C1=O. The minimum Gasteiger partial charge on any atom is -0.496 e. The number of methoxy groups -OCH3 is 1. The summed E-state index contributed by atoms with van der Waals surface area (Å²) in [6.45, 7) is 2.61. The van der Waals surface area contributed by atoms with Gasteiger partial charge in [0.25, 0.3) is 11.8 Å². The van der Waals surface area contributed by atoms with Crippen LogP contribution >= 0.6 is 23.2 Å². The van der Waals surface area contributed by atoms with Crippen molar-refractivity contribution in [3.8, 4) is 11.5 Å². The van der Waals surface area contributed by atoms with Gasteiger partial charge in [-0.25, -0.2) is 0 Å². The number of nitrogens with zero attached hydrogens (tertiary/aromatic N) is 1. The van der Waals surface area contributed by atoms with Crippen LogP contribution in [-0.4, -0.2) is 36.5 Å². The molecule has 3 aromatic rings. The molecule has 1 heterocycles. The predicted molar refractivity (Wildman–Crippen MR) is 133 cm³/mol. The Bertz CT molecular complexity index is 1230. The lowest BCUT2D eigenvalue weighted by molar-refractivity contribution is -0.137. The predicted octanol–water partition coefficient (Wildman–Crippen LogP) is 5.61. The van der Waals surface area contributed by atoms with Gasteiger partial charge in [-0.15, -0.1) is 0 Å². The molecule has 2 amide bonds. The van der Waals surface area contributed by atoms with Crippen molar-refractivity contribution in [3.05, 3.63) is 87.4 Å². The van der Waals surface area contributed by atoms with E-state index in [-0.39, 0.29) is 11.8 Å². The topological polar surface area (TPSA) is 67.9 Å². The highest BCUT2D eigenvalue weighted by Gasteiger charge is 2.28. The van der Waals surface area contributed by atoms with Crippen LogP contribution in [0.3, 0.4) is 0 Å². The second-order valence-corrected chi connectivity index (χ2v) is 8.80. The van der Waals surface area contributed by atoms with Gasteiger partial charge in [0.15, 0.2) is 6.10 Å². The van der Waals surface area contributed by atoms with E-state index in [9.17, 15) is 9.59 Å². The van der Waals surface area contributed by atoms with Crippen LogP contribution < -0.4 is 14.8 Å². The first-order chi connectivity index (χ1) is 16.4. The molecule has 176 valence electrons. The molecule has 3 aromatic carbocycles. The minimum atomic E-state index is -0.615. The number of halogens is 2. The van der Waals surface area contributed by atoms with Gasteiger partial charge in [-0.1, -0.05) is 41.4 Å². The molecule has 0 spiro atoms. The molecule has 1 atom stereocenters. The van der Waals surface area contributed by atoms with Crippen molar-refractivity contribution in [1.82, 2.24) is 4.90 Å². The summed E-state index contributed by atoms with van der Waals surface area (Å²) in [6.07, 6.45) is 0.0292. The van der Waals surface area contributed by atoms with Crippen LogP contribution in [-0.2, 0) is 17.8 Å². The van der Waals surface area contributed by atoms with Crippen molar-refractivity contribution in [2.24, 2.45) is 0 Å². The third-order valence-electron chi connectivity index (χ3n) is 5.67. The summed E-state index contributed by atoms with van der Waals surface area (Å²) in [6, 6.07) is 17.8. The highest BCUT2D eigenvalue weighted by molar-refractivity contribution is 6.42. The van der Waals surface area contributed by atoms with Gasteiger partial charge in [-0.2, -0.15) is 0 Å². The van der Waals surface area contributed by atoms with Gasteiger partial charge in [0.1, 0.15) is 11.5 Å². The van der Waals surface area contributed by atoms with Crippen LogP contribution in [0.15, 0.2) is 60.7 Å². The lowest BCUT2D eigenvalue weighted by Gasteiger charge is -2.22. The van der Waals surface area contributed by atoms with Crippen LogP contribution in [0.2, 0.25) is 10.0 Å². The number of carbonyl (C=O) groups excluding carboxylic acids is 2. The Kier molecular flexibility index (Phi) is 7.29. The number of amides is 2. The average molecular weight is 499 g/mol. The van der Waals surface area contributed by atoms with Crippen molar-refractivity contribution >= 4 is 40.7 Å². The van der Waals surface area contributed by atoms with Crippen molar-refractivity contribution in [2.45, 2.75) is 26.0 Å². The van der Waals surface area contributed by atoms with Gasteiger partial charge in [0.2, 0.25) is 0 Å². The van der Waals surface area contributed by atoms with Crippen molar-refractivity contribution in [2.75, 3.05) is 19.0 Å². The van der Waals surface area contributed by atoms with Crippen LogP contribution in [0.25, 0.3) is 0 Å². The summed E-state index contributed by atoms with van der Waals surface area (Å²) in [5, 5.41) is 3.56. The second-order valence-electron chi connectivity index (χ2n) is 7.99. The van der Waals surface area contributed by atoms with Crippen molar-refractivity contribution < 1.29 is 19.1 Å². The largest absolute Gasteiger partial charge is 0.496 e. The second kappa shape index (κ2) is 10.4. The Morgan fingerprint density at radius 3 is 2.68 bits per heavy atom. The van der Waals surface area contributed by atoms with E-state index >= 15 is 0 Å². The fraction of sp³-hybridized carbons (Fsp3) is 0.231. The third kappa shape index (κ3) is 5.29. The number of anilines is 1. The quantitative estimate of drug-likeness (QED) is 0.479. The zero-order valence-electron chi connectivity index (χ0n) is 18.8. The maximum absolute atomic E-state index is 13.0. The average Bonchev–Trinajstić information content (AvgIpc) is 2.95. The fourth-order valence-corrected chi connectivity index (χ4v) is 4.17. The van der Waals surface area contributed by atoms with Gasteiger partial charge >= 0.3 is 0 Å². The molecule has 0 radical (unpaired) electrons. The van der Waals surface area contributed by atoms with Gasteiger partial charge in [-0.3, -0.25) is 9.59 Å². The van der Waals surface area contributed by atoms with Crippen molar-refractivity contribution in [1.29, 1.82) is 0 Å². The van der Waals surface area contributed by atoms with E-state index in [1.807, 2.05) is 30.3 Å². The van der Waals surface area contributed by atoms with Crippen LogP contribution in [0.4, 0.5) is 5.69 Å². The Morgan fingerprint density at radius 2 is 1.91 bits per heavy atom. The van der Waals surface area contributed by atoms with Gasteiger partial charge in [-0.05, 0) is 61.4 Å². The normalized spacial score (nSPS) is 15.2. The molecule has 1 aliphatic rings. The lowest BCUT2D eigenvalue weighted by Crippen LogP contribution is -2.39. The summed E-state index contributed by atoms with van der Waals surface area (Å²) in [5.41, 5.74) is 2.82. The number of benzene rings is 3. The molecule has 0 saturated heterocycles. The number of hydrogen-bond donors (Lipinski definition) is 1. The van der Waals surface area contributed by atoms with Crippen LogP contribution in [0.1, 0.15) is 28.4 Å². The summed E-state index contributed by atoms with van der Waals surface area (Å²) >= 11 is 12.0. The summed E-state index contributed by atoms with van der Waals surface area (Å²) in [7, 11) is 1.63. The molecule has 0 fully saturated rings. The Morgan fingerprint density at radius 1 is 1.12 bits per heavy atom. The van der Waals surface area contributed by atoms with Gasteiger partial charge < -0.3 is 19.7 Å². The molecule has 4 rings (SSSR count). The van der Waals surface area contributed by atoms with E-state index < -0.39 is 6.10 Å². The molecule has 6 nitrogen and oxygen atoms in total. The minimum absolute atomic E-state index is 0.0903. The standard InChI is InChI=1S/C26H24Cl2N2O4/c1-16-26(32)30(12-11-17-5-3-4-6-23(17)33-2)15-19-13-20(8-10-24(19)34-16)29-25(31)18-7-9-21(27)22(28)14-18/h3-10,13-14,16H,11-12,15H2,1-2H3,(H,29,31). The first-order valence-corrected chi connectivity index (χ1v) is 11.6. The molecule has 0 saturated carbocycles. The summed E-state index contributed by atoms with van der Waals surface area (Å²) < 4.78 is 11.3. The molecule has 8 heteroatoms. The Balaban J connectivity index is 1.52. The third-order valence-corrected chi connectivity index (χ3v) is 6.41. The molecule has 0 aromatic heterocycles. The first-order valence-electron chi connectivity index (χ1n) is 10.8. The zero-order chi connectivity index (χ0) is 24.2.